The summed E-state index contributed by atoms with van der Waals surface area (Å²) in [6, 6.07) is 17.6. The van der Waals surface area contributed by atoms with Gasteiger partial charge in [0.25, 0.3) is 0 Å². The van der Waals surface area contributed by atoms with Crippen LogP contribution in [0.3, 0.4) is 0 Å². The number of amides is 1. The minimum atomic E-state index is 0.137. The highest BCUT2D eigenvalue weighted by Gasteiger charge is 2.28. The van der Waals surface area contributed by atoms with Gasteiger partial charge in [-0.05, 0) is 24.1 Å². The fraction of sp³-hybridized carbons (Fsp3) is 0.250. The topological polar surface area (TPSA) is 51.0 Å². The number of nitrogens with zero attached hydrogens (tertiary/aromatic N) is 4. The molecule has 1 amide bonds. The lowest BCUT2D eigenvalue weighted by Gasteiger charge is -2.16. The molecule has 0 bridgehead atoms. The molecule has 0 spiro atoms. The van der Waals surface area contributed by atoms with E-state index in [1.807, 2.05) is 70.4 Å². The number of carbonyl (C=O) groups is 1. The molecule has 3 aromatic rings. The van der Waals surface area contributed by atoms with E-state index in [0.29, 0.717) is 18.0 Å². The Bertz CT molecular complexity index is 892. The van der Waals surface area contributed by atoms with Gasteiger partial charge < -0.3 is 4.90 Å². The summed E-state index contributed by atoms with van der Waals surface area (Å²) < 4.78 is 1.89. The standard InChI is InChI=1S/C20H19ClN4O/c21-17-8-6-15(7-9-17)12-20(26)24-11-10-18(13-24)25-14-19(22-23-25)16-4-2-1-3-5-16/h1-9,14,18H,10-13H2. The normalized spacial score (nSPS) is 16.8. The third-order valence-electron chi connectivity index (χ3n) is 4.74. The maximum atomic E-state index is 12.6. The zero-order valence-corrected chi connectivity index (χ0v) is 15.0. The third kappa shape index (κ3) is 3.63. The Labute approximate surface area is 157 Å². The highest BCUT2D eigenvalue weighted by atomic mass is 35.5. The van der Waals surface area contributed by atoms with Crippen LogP contribution >= 0.6 is 11.6 Å². The zero-order chi connectivity index (χ0) is 17.9. The Hall–Kier alpha value is -2.66. The summed E-state index contributed by atoms with van der Waals surface area (Å²) in [5.74, 6) is 0.137. The van der Waals surface area contributed by atoms with Crippen LogP contribution in [0.1, 0.15) is 18.0 Å². The van der Waals surface area contributed by atoms with Gasteiger partial charge >= 0.3 is 0 Å². The smallest absolute Gasteiger partial charge is 0.227 e. The largest absolute Gasteiger partial charge is 0.340 e. The summed E-state index contributed by atoms with van der Waals surface area (Å²) >= 11 is 5.90. The molecule has 0 radical (unpaired) electrons. The van der Waals surface area contributed by atoms with Gasteiger partial charge in [-0.3, -0.25) is 4.79 Å². The van der Waals surface area contributed by atoms with Crippen molar-refractivity contribution in [2.45, 2.75) is 18.9 Å². The molecule has 0 aliphatic carbocycles. The number of aromatic nitrogens is 3. The van der Waals surface area contributed by atoms with E-state index >= 15 is 0 Å². The minimum Gasteiger partial charge on any atom is -0.340 e. The van der Waals surface area contributed by atoms with Gasteiger partial charge in [0.05, 0.1) is 18.7 Å². The first-order chi connectivity index (χ1) is 12.7. The molecule has 1 saturated heterocycles. The molecule has 2 heterocycles. The van der Waals surface area contributed by atoms with Crippen LogP contribution in [-0.4, -0.2) is 38.9 Å². The summed E-state index contributed by atoms with van der Waals surface area (Å²) in [4.78, 5) is 14.5. The average molecular weight is 367 g/mol. The van der Waals surface area contributed by atoms with Crippen molar-refractivity contribution in [1.82, 2.24) is 19.9 Å². The zero-order valence-electron chi connectivity index (χ0n) is 14.3. The number of benzene rings is 2. The van der Waals surface area contributed by atoms with Crippen LogP contribution in [0.15, 0.2) is 60.8 Å². The van der Waals surface area contributed by atoms with Crippen LogP contribution < -0.4 is 0 Å². The van der Waals surface area contributed by atoms with Crippen molar-refractivity contribution >= 4 is 17.5 Å². The molecule has 2 aromatic carbocycles. The lowest BCUT2D eigenvalue weighted by atomic mass is 10.1. The predicted molar refractivity (Wildman–Crippen MR) is 101 cm³/mol. The van der Waals surface area contributed by atoms with E-state index in [1.165, 1.54) is 0 Å². The molecule has 26 heavy (non-hydrogen) atoms. The van der Waals surface area contributed by atoms with Crippen LogP contribution in [0, 0.1) is 0 Å². The maximum Gasteiger partial charge on any atom is 0.227 e. The Kier molecular flexibility index (Phi) is 4.71. The highest BCUT2D eigenvalue weighted by molar-refractivity contribution is 6.30. The molecule has 1 unspecified atom stereocenters. The Morgan fingerprint density at radius 3 is 2.65 bits per heavy atom. The summed E-state index contributed by atoms with van der Waals surface area (Å²) in [7, 11) is 0. The van der Waals surface area contributed by atoms with E-state index in [2.05, 4.69) is 10.3 Å². The first-order valence-corrected chi connectivity index (χ1v) is 9.06. The van der Waals surface area contributed by atoms with Crippen LogP contribution in [0.2, 0.25) is 5.02 Å². The molecule has 1 aromatic heterocycles. The van der Waals surface area contributed by atoms with Crippen molar-refractivity contribution in [3.05, 3.63) is 71.4 Å². The fourth-order valence-electron chi connectivity index (χ4n) is 3.27. The van der Waals surface area contributed by atoms with E-state index in [1.54, 1.807) is 0 Å². The molecule has 132 valence electrons. The number of likely N-dealkylation sites (tertiary alicyclic amines) is 1. The molecule has 1 atom stereocenters. The van der Waals surface area contributed by atoms with E-state index < -0.39 is 0 Å². The van der Waals surface area contributed by atoms with Crippen molar-refractivity contribution in [3.8, 4) is 11.3 Å². The predicted octanol–water partition coefficient (Wildman–Crippen LogP) is 3.61. The molecular weight excluding hydrogens is 348 g/mol. The minimum absolute atomic E-state index is 0.137. The second kappa shape index (κ2) is 7.30. The van der Waals surface area contributed by atoms with Gasteiger partial charge in [-0.1, -0.05) is 59.3 Å². The Morgan fingerprint density at radius 1 is 1.12 bits per heavy atom. The molecule has 1 aliphatic rings. The van der Waals surface area contributed by atoms with E-state index in [0.717, 1.165) is 29.8 Å². The quantitative estimate of drug-likeness (QED) is 0.708. The van der Waals surface area contributed by atoms with Crippen molar-refractivity contribution < 1.29 is 4.79 Å². The molecule has 0 N–H and O–H groups in total. The first kappa shape index (κ1) is 16.8. The molecule has 1 aliphatic heterocycles. The summed E-state index contributed by atoms with van der Waals surface area (Å²) in [6.07, 6.45) is 3.26. The van der Waals surface area contributed by atoms with Crippen molar-refractivity contribution in [2.24, 2.45) is 0 Å². The number of halogens is 1. The average Bonchev–Trinajstić information content (AvgIpc) is 3.34. The van der Waals surface area contributed by atoms with Crippen LogP contribution in [-0.2, 0) is 11.2 Å². The van der Waals surface area contributed by atoms with E-state index in [9.17, 15) is 4.79 Å². The van der Waals surface area contributed by atoms with Gasteiger partial charge in [-0.15, -0.1) is 5.10 Å². The van der Waals surface area contributed by atoms with Gasteiger partial charge in [0.2, 0.25) is 5.91 Å². The summed E-state index contributed by atoms with van der Waals surface area (Å²) in [5.41, 5.74) is 2.89. The molecule has 1 fully saturated rings. The SMILES string of the molecule is O=C(Cc1ccc(Cl)cc1)N1CCC(n2cc(-c3ccccc3)nn2)C1. The number of hydrogen-bond donors (Lipinski definition) is 0. The summed E-state index contributed by atoms with van der Waals surface area (Å²) in [6.45, 7) is 1.42. The Balaban J connectivity index is 1.40. The lowest BCUT2D eigenvalue weighted by molar-refractivity contribution is -0.129. The number of hydrogen-bond acceptors (Lipinski definition) is 3. The molecule has 6 heteroatoms. The third-order valence-corrected chi connectivity index (χ3v) is 4.99. The van der Waals surface area contributed by atoms with Gasteiger partial charge in [0.1, 0.15) is 5.69 Å². The molecule has 5 nitrogen and oxygen atoms in total. The van der Waals surface area contributed by atoms with E-state index in [4.69, 9.17) is 11.6 Å². The number of carbonyl (C=O) groups excluding carboxylic acids is 1. The van der Waals surface area contributed by atoms with Gasteiger partial charge in [-0.25, -0.2) is 4.68 Å². The van der Waals surface area contributed by atoms with Gasteiger partial charge in [-0.2, -0.15) is 0 Å². The second-order valence-corrected chi connectivity index (χ2v) is 6.97. The monoisotopic (exact) mass is 366 g/mol. The molecule has 0 saturated carbocycles. The lowest BCUT2D eigenvalue weighted by Crippen LogP contribution is -2.30. The van der Waals surface area contributed by atoms with Gasteiger partial charge in [0.15, 0.2) is 0 Å². The van der Waals surface area contributed by atoms with Crippen molar-refractivity contribution in [2.75, 3.05) is 13.1 Å². The van der Waals surface area contributed by atoms with Crippen molar-refractivity contribution in [1.29, 1.82) is 0 Å². The van der Waals surface area contributed by atoms with Crippen LogP contribution in [0.25, 0.3) is 11.3 Å². The van der Waals surface area contributed by atoms with Crippen LogP contribution in [0.4, 0.5) is 0 Å². The number of rotatable bonds is 4. The second-order valence-electron chi connectivity index (χ2n) is 6.54. The highest BCUT2D eigenvalue weighted by Crippen LogP contribution is 2.24. The van der Waals surface area contributed by atoms with Crippen molar-refractivity contribution in [3.63, 3.8) is 0 Å². The fourth-order valence-corrected chi connectivity index (χ4v) is 3.40. The maximum absolute atomic E-state index is 12.6. The molecule has 4 rings (SSSR count). The van der Waals surface area contributed by atoms with Gasteiger partial charge in [0, 0.05) is 23.7 Å². The van der Waals surface area contributed by atoms with E-state index in [-0.39, 0.29) is 11.9 Å². The summed E-state index contributed by atoms with van der Waals surface area (Å²) in [5, 5.41) is 9.23. The first-order valence-electron chi connectivity index (χ1n) is 8.68. The molecular formula is C20H19ClN4O. The Morgan fingerprint density at radius 2 is 1.88 bits per heavy atom. The van der Waals surface area contributed by atoms with Crippen LogP contribution in [0.5, 0.6) is 0 Å².